The van der Waals surface area contributed by atoms with E-state index in [2.05, 4.69) is 54.1 Å². The fourth-order valence-corrected chi connectivity index (χ4v) is 10.3. The predicted molar refractivity (Wildman–Crippen MR) is 285 cm³/mol. The zero-order valence-electron chi connectivity index (χ0n) is 45.8. The van der Waals surface area contributed by atoms with E-state index in [0.29, 0.717) is 52.1 Å². The third-order valence-electron chi connectivity index (χ3n) is 15.0. The molecule has 3 N–H and O–H groups in total. The van der Waals surface area contributed by atoms with E-state index in [1.165, 1.54) is 5.56 Å². The Morgan fingerprint density at radius 3 is 1.44 bits per heavy atom. The third kappa shape index (κ3) is 17.5. The number of nitroso groups, excluding NO2 is 1. The highest BCUT2D eigenvalue weighted by molar-refractivity contribution is 5.90. The van der Waals surface area contributed by atoms with Crippen LogP contribution in [0.15, 0.2) is 60.7 Å². The van der Waals surface area contributed by atoms with E-state index in [1.54, 1.807) is 27.9 Å². The van der Waals surface area contributed by atoms with Crippen molar-refractivity contribution in [3.8, 4) is 0 Å². The van der Waals surface area contributed by atoms with Crippen LogP contribution >= 0.6 is 0 Å². The van der Waals surface area contributed by atoms with Gasteiger partial charge in [0.1, 0.15) is 6.04 Å². The first-order valence-electron chi connectivity index (χ1n) is 27.0. The van der Waals surface area contributed by atoms with Crippen LogP contribution in [0, 0.1) is 15.7 Å². The first-order chi connectivity index (χ1) is 33.6. The molecule has 5 amide bonds. The van der Waals surface area contributed by atoms with Crippen molar-refractivity contribution in [2.45, 2.75) is 194 Å². The third-order valence-corrected chi connectivity index (χ3v) is 15.0. The number of benzene rings is 2. The van der Waals surface area contributed by atoms with Gasteiger partial charge in [-0.15, -0.1) is 0 Å². The summed E-state index contributed by atoms with van der Waals surface area (Å²) in [5.74, 6) is -0.0777. The van der Waals surface area contributed by atoms with Crippen LogP contribution in [0.1, 0.15) is 169 Å². The molecule has 0 bridgehead atoms. The number of nitrogens with one attached hydrogen (secondary N) is 3. The van der Waals surface area contributed by atoms with Gasteiger partial charge in [0.05, 0.1) is 6.04 Å². The molecule has 71 heavy (non-hydrogen) atoms. The zero-order chi connectivity index (χ0) is 52.5. The number of rotatable bonds is 27. The molecular formula is C57H93N8O6+. The van der Waals surface area contributed by atoms with Gasteiger partial charge in [-0.05, 0) is 87.9 Å². The minimum absolute atomic E-state index is 0.0914. The number of likely N-dealkylation sites (tertiary alicyclic amines) is 2. The van der Waals surface area contributed by atoms with Gasteiger partial charge in [0, 0.05) is 86.2 Å². The normalized spacial score (nSPS) is 18.8. The minimum atomic E-state index is -0.861. The van der Waals surface area contributed by atoms with Gasteiger partial charge in [-0.25, -0.2) is 0 Å². The molecular weight excluding hydrogens is 893 g/mol. The maximum absolute atomic E-state index is 14.3. The molecule has 2 saturated heterocycles. The van der Waals surface area contributed by atoms with Crippen LogP contribution in [-0.2, 0) is 24.0 Å². The molecule has 8 atom stereocenters. The summed E-state index contributed by atoms with van der Waals surface area (Å²) < 4.78 is 0.897. The summed E-state index contributed by atoms with van der Waals surface area (Å²) in [6, 6.07) is 18.2. The summed E-state index contributed by atoms with van der Waals surface area (Å²) in [5.41, 5.74) is 1.23. The Labute approximate surface area is 427 Å². The van der Waals surface area contributed by atoms with Crippen LogP contribution in [0.4, 0.5) is 0 Å². The fourth-order valence-electron chi connectivity index (χ4n) is 10.3. The first-order valence-corrected chi connectivity index (χ1v) is 27.0. The van der Waals surface area contributed by atoms with Gasteiger partial charge >= 0.3 is 0 Å². The van der Waals surface area contributed by atoms with E-state index in [0.717, 1.165) is 74.5 Å². The number of likely N-dealkylation sites (N-methyl/N-ethyl adjacent to an activating group) is 1. The van der Waals surface area contributed by atoms with Crippen LogP contribution in [0.3, 0.4) is 0 Å². The quantitative estimate of drug-likeness (QED) is 0.0460. The van der Waals surface area contributed by atoms with Gasteiger partial charge in [-0.1, -0.05) is 142 Å². The van der Waals surface area contributed by atoms with Crippen molar-refractivity contribution in [2.24, 2.45) is 10.8 Å². The molecule has 2 heterocycles. The van der Waals surface area contributed by atoms with E-state index in [9.17, 15) is 28.9 Å². The molecule has 0 aliphatic carbocycles. The zero-order valence-corrected chi connectivity index (χ0v) is 45.8. The van der Waals surface area contributed by atoms with Crippen molar-refractivity contribution in [1.82, 2.24) is 35.6 Å². The van der Waals surface area contributed by atoms with Crippen molar-refractivity contribution in [3.05, 3.63) is 76.7 Å². The summed E-state index contributed by atoms with van der Waals surface area (Å²) in [5, 5.41) is 9.00. The molecule has 2 aliphatic heterocycles. The number of hydrogen-bond donors (Lipinski definition) is 3. The van der Waals surface area contributed by atoms with E-state index in [4.69, 9.17) is 0 Å². The highest BCUT2D eigenvalue weighted by atomic mass is 16.3. The summed E-state index contributed by atoms with van der Waals surface area (Å²) in [6.07, 6.45) is 8.85. The van der Waals surface area contributed by atoms with Crippen molar-refractivity contribution in [2.75, 3.05) is 53.4 Å². The lowest BCUT2D eigenvalue weighted by atomic mass is 9.85. The number of hydrogen-bond acceptors (Lipinski definition) is 8. The predicted octanol–water partition coefficient (Wildman–Crippen LogP) is 8.25. The van der Waals surface area contributed by atoms with E-state index in [1.807, 2.05) is 97.5 Å². The average Bonchev–Trinajstić information content (AvgIpc) is 4.02. The van der Waals surface area contributed by atoms with Crippen LogP contribution in [-0.4, -0.2) is 144 Å². The number of carbonyl (C=O) groups excluding carboxylic acids is 5. The second kappa shape index (κ2) is 27.9. The summed E-state index contributed by atoms with van der Waals surface area (Å²) in [7, 11) is 3.45. The molecule has 0 saturated carbocycles. The van der Waals surface area contributed by atoms with Gasteiger partial charge in [0.2, 0.25) is 23.6 Å². The van der Waals surface area contributed by atoms with Crippen molar-refractivity contribution >= 4 is 29.5 Å². The van der Waals surface area contributed by atoms with Crippen LogP contribution in [0.5, 0.6) is 0 Å². The van der Waals surface area contributed by atoms with Gasteiger partial charge in [0.15, 0.2) is 0 Å². The van der Waals surface area contributed by atoms with E-state index < -0.39 is 35.1 Å². The topological polar surface area (TPSA) is 154 Å². The van der Waals surface area contributed by atoms with Crippen molar-refractivity contribution in [3.63, 3.8) is 0 Å². The Morgan fingerprint density at radius 1 is 0.620 bits per heavy atom. The van der Waals surface area contributed by atoms with Crippen LogP contribution < -0.4 is 16.0 Å². The van der Waals surface area contributed by atoms with Crippen LogP contribution in [0.25, 0.3) is 0 Å². The Hall–Kier alpha value is -4.69. The smallest absolute Gasteiger partial charge is 0.296 e. The molecule has 2 aliphatic rings. The van der Waals surface area contributed by atoms with Gasteiger partial charge < -0.3 is 30.2 Å². The molecule has 0 aromatic heterocycles. The molecule has 0 unspecified atom stereocenters. The molecule has 0 radical (unpaired) electrons. The van der Waals surface area contributed by atoms with Gasteiger partial charge in [-0.3, -0.25) is 29.3 Å². The largest absolute Gasteiger partial charge is 0.342 e. The highest BCUT2D eigenvalue weighted by Crippen LogP contribution is 2.31. The highest BCUT2D eigenvalue weighted by Gasteiger charge is 2.50. The minimum Gasteiger partial charge on any atom is -0.342 e. The number of carbonyl (C=O) groups is 5. The summed E-state index contributed by atoms with van der Waals surface area (Å²) in [6.45, 7) is 22.7. The van der Waals surface area contributed by atoms with E-state index in [-0.39, 0.29) is 53.5 Å². The number of amides is 5. The Kier molecular flexibility index (Phi) is 23.2. The fraction of sp³-hybridized carbons (Fsp3) is 0.702. The summed E-state index contributed by atoms with van der Waals surface area (Å²) >= 11 is 0. The molecule has 2 aromatic rings. The second-order valence-corrected chi connectivity index (χ2v) is 22.9. The lowest BCUT2D eigenvalue weighted by molar-refractivity contribution is -0.622. The maximum Gasteiger partial charge on any atom is 0.296 e. The maximum atomic E-state index is 14.3. The Bertz CT molecular complexity index is 2000. The number of unbranched alkanes of at least 4 members (excludes halogenated alkanes) is 5. The van der Waals surface area contributed by atoms with Gasteiger partial charge in [0.25, 0.3) is 18.1 Å². The average molecular weight is 986 g/mol. The first kappa shape index (κ1) is 58.9. The molecule has 2 fully saturated rings. The second-order valence-electron chi connectivity index (χ2n) is 22.9. The molecule has 0 spiro atoms. The van der Waals surface area contributed by atoms with Crippen LogP contribution in [0.2, 0.25) is 0 Å². The van der Waals surface area contributed by atoms with Crippen molar-refractivity contribution in [1.29, 1.82) is 0 Å². The van der Waals surface area contributed by atoms with E-state index >= 15 is 0 Å². The lowest BCUT2D eigenvalue weighted by Crippen LogP contribution is -2.59. The monoisotopic (exact) mass is 986 g/mol. The summed E-state index contributed by atoms with van der Waals surface area (Å²) in [4.78, 5) is 91.1. The molecule has 14 heteroatoms. The number of nitrogens with zero attached hydrogens (tertiary/aromatic N) is 5. The Balaban J connectivity index is 1.35. The molecule has 4 rings (SSSR count). The Morgan fingerprint density at radius 2 is 1.04 bits per heavy atom. The SMILES string of the molecule is CN[C@@H](C)C(=O)N[C@H](C(=O)N1CCC[C@H]1CN(C[C@H](C)c1ccccc1)C(=O)CCCCCCCCC(=O)N(C[C@@H]1CCCN1C(=O)[C@@H]([N+](=O)[C@H](C)NC)C(C)(C)C)C[C@H](C)c1ccccc1)C(C)(C)C. The van der Waals surface area contributed by atoms with Gasteiger partial charge in [-0.2, -0.15) is 0 Å². The molecule has 396 valence electrons. The lowest BCUT2D eigenvalue weighted by Gasteiger charge is -2.38. The van der Waals surface area contributed by atoms with Crippen molar-refractivity contribution < 1.29 is 28.7 Å². The molecule has 14 nitrogen and oxygen atoms in total. The standard InChI is InChI=1S/C57H92N8O6/c1-41(45-27-19-17-20-28-45)37-61(39-47-31-25-35-63(47)54(69)51(56(5,6)7)60-53(68)43(3)58-11)49(66)33-23-15-13-14-16-24-34-50(67)62(38-42(2)46-29-21-18-22-30-46)40-48-32-26-36-64(48)55(70)52(57(8,9)10)65(71)44(4)59-12/h17-22,27-30,41-44,47-48,51-52,58-59H,13-16,23-26,31-40H2,1-12H3/p+1/t41-,42-,43-,44+,47-,48-,51+,52+/m0/s1. The molecule has 2 aromatic carbocycles.